The normalized spacial score (nSPS) is 11.5. The molecule has 1 aromatic rings. The Balaban J connectivity index is 3.11. The number of hydrogen-bond acceptors (Lipinski definition) is 1. The summed E-state index contributed by atoms with van der Waals surface area (Å²) >= 11 is 0. The molecule has 1 aromatic carbocycles. The molecule has 0 atom stereocenters. The van der Waals surface area contributed by atoms with Gasteiger partial charge in [-0.15, -0.1) is 0 Å². The zero-order chi connectivity index (χ0) is 11.5. The van der Waals surface area contributed by atoms with Gasteiger partial charge < -0.3 is 5.11 Å². The topological polar surface area (TPSA) is 20.2 Å². The lowest BCUT2D eigenvalue weighted by Crippen LogP contribution is -2.25. The van der Waals surface area contributed by atoms with Crippen LogP contribution in [0.15, 0.2) is 18.2 Å². The standard InChI is InChI=1S/C13H20BO/c1-5-13(15,6-2)11-7-8-12(14-4)10(3)9-11/h7-9,15H,5-6H2,1-4H3. The maximum atomic E-state index is 10.4. The van der Waals surface area contributed by atoms with Gasteiger partial charge in [0.15, 0.2) is 0 Å². The van der Waals surface area contributed by atoms with E-state index in [1.54, 1.807) is 0 Å². The van der Waals surface area contributed by atoms with Crippen LogP contribution >= 0.6 is 0 Å². The van der Waals surface area contributed by atoms with Gasteiger partial charge in [0.2, 0.25) is 0 Å². The predicted molar refractivity (Wildman–Crippen MR) is 66.9 cm³/mol. The zero-order valence-corrected chi connectivity index (χ0v) is 10.2. The van der Waals surface area contributed by atoms with Gasteiger partial charge in [-0.2, -0.15) is 0 Å². The largest absolute Gasteiger partial charge is 0.385 e. The van der Waals surface area contributed by atoms with Crippen molar-refractivity contribution in [2.75, 3.05) is 0 Å². The number of rotatable bonds is 4. The zero-order valence-electron chi connectivity index (χ0n) is 10.2. The Kier molecular flexibility index (Phi) is 3.98. The average molecular weight is 203 g/mol. The van der Waals surface area contributed by atoms with Gasteiger partial charge in [-0.25, -0.2) is 0 Å². The molecule has 0 amide bonds. The van der Waals surface area contributed by atoms with E-state index in [1.807, 2.05) is 26.7 Å². The summed E-state index contributed by atoms with van der Waals surface area (Å²) < 4.78 is 0. The van der Waals surface area contributed by atoms with Crippen molar-refractivity contribution >= 4 is 12.7 Å². The molecule has 0 aliphatic carbocycles. The van der Waals surface area contributed by atoms with Crippen LogP contribution in [0.4, 0.5) is 0 Å². The quantitative estimate of drug-likeness (QED) is 0.745. The number of aliphatic hydroxyl groups is 1. The molecule has 0 unspecified atom stereocenters. The van der Waals surface area contributed by atoms with Crippen molar-refractivity contribution in [1.82, 2.24) is 0 Å². The molecule has 0 aliphatic heterocycles. The lowest BCUT2D eigenvalue weighted by molar-refractivity contribution is 0.0283. The van der Waals surface area contributed by atoms with Crippen LogP contribution in [0.5, 0.6) is 0 Å². The molecule has 1 N–H and O–H groups in total. The van der Waals surface area contributed by atoms with Crippen LogP contribution < -0.4 is 5.46 Å². The average Bonchev–Trinajstić information content (AvgIpc) is 2.28. The highest BCUT2D eigenvalue weighted by molar-refractivity contribution is 6.52. The molecule has 0 aliphatic rings. The summed E-state index contributed by atoms with van der Waals surface area (Å²) in [6.07, 6.45) is 1.52. The molecule has 0 spiro atoms. The van der Waals surface area contributed by atoms with E-state index in [2.05, 4.69) is 26.3 Å². The van der Waals surface area contributed by atoms with Crippen molar-refractivity contribution in [3.8, 4) is 0 Å². The molecule has 0 bridgehead atoms. The summed E-state index contributed by atoms with van der Waals surface area (Å²) in [5.74, 6) is 0. The first-order valence-corrected chi connectivity index (χ1v) is 5.70. The second-order valence-corrected chi connectivity index (χ2v) is 4.10. The van der Waals surface area contributed by atoms with Gasteiger partial charge in [0.05, 0.1) is 5.60 Å². The van der Waals surface area contributed by atoms with E-state index < -0.39 is 5.60 Å². The highest BCUT2D eigenvalue weighted by Crippen LogP contribution is 2.28. The third-order valence-electron chi connectivity index (χ3n) is 3.29. The summed E-state index contributed by atoms with van der Waals surface area (Å²) in [5.41, 5.74) is 2.86. The molecule has 0 heterocycles. The van der Waals surface area contributed by atoms with Gasteiger partial charge >= 0.3 is 0 Å². The van der Waals surface area contributed by atoms with E-state index in [4.69, 9.17) is 0 Å². The number of aryl methyl sites for hydroxylation is 1. The molecule has 0 saturated heterocycles. The lowest BCUT2D eigenvalue weighted by atomic mass is 9.70. The molecule has 0 fully saturated rings. The first-order valence-electron chi connectivity index (χ1n) is 5.70. The summed E-state index contributed by atoms with van der Waals surface area (Å²) in [5, 5.41) is 10.4. The van der Waals surface area contributed by atoms with Gasteiger partial charge in [0.25, 0.3) is 0 Å². The van der Waals surface area contributed by atoms with Crippen LogP contribution in [0, 0.1) is 6.92 Å². The Morgan fingerprint density at radius 1 is 1.27 bits per heavy atom. The Morgan fingerprint density at radius 3 is 2.27 bits per heavy atom. The second kappa shape index (κ2) is 4.85. The molecular formula is C13H20BO. The predicted octanol–water partition coefficient (Wildman–Crippen LogP) is 2.38. The molecule has 15 heavy (non-hydrogen) atoms. The van der Waals surface area contributed by atoms with E-state index in [-0.39, 0.29) is 0 Å². The molecule has 0 aromatic heterocycles. The van der Waals surface area contributed by atoms with Crippen molar-refractivity contribution < 1.29 is 5.11 Å². The number of benzene rings is 1. The third-order valence-corrected chi connectivity index (χ3v) is 3.29. The van der Waals surface area contributed by atoms with Crippen molar-refractivity contribution in [2.45, 2.75) is 46.0 Å². The maximum Gasteiger partial charge on any atom is 0.148 e. The minimum atomic E-state index is -0.656. The van der Waals surface area contributed by atoms with Gasteiger partial charge in [-0.05, 0) is 25.3 Å². The first-order chi connectivity index (χ1) is 7.07. The molecule has 2 heteroatoms. The highest BCUT2D eigenvalue weighted by Gasteiger charge is 2.24. The van der Waals surface area contributed by atoms with Crippen LogP contribution in [0.25, 0.3) is 0 Å². The van der Waals surface area contributed by atoms with Crippen molar-refractivity contribution in [1.29, 1.82) is 0 Å². The Hall–Kier alpha value is -0.755. The van der Waals surface area contributed by atoms with Crippen LogP contribution in [0.2, 0.25) is 6.82 Å². The summed E-state index contributed by atoms with van der Waals surface area (Å²) in [4.78, 5) is 0. The molecule has 0 saturated carbocycles. The Bertz CT molecular complexity index is 329. The molecule has 81 valence electrons. The van der Waals surface area contributed by atoms with Crippen molar-refractivity contribution in [2.24, 2.45) is 0 Å². The fraction of sp³-hybridized carbons (Fsp3) is 0.538. The van der Waals surface area contributed by atoms with E-state index in [1.165, 1.54) is 11.0 Å². The van der Waals surface area contributed by atoms with Gasteiger partial charge in [0.1, 0.15) is 7.28 Å². The SMILES string of the molecule is C[B]c1ccc(C(O)(CC)CC)cc1C. The fourth-order valence-corrected chi connectivity index (χ4v) is 1.95. The maximum absolute atomic E-state index is 10.4. The molecule has 1 nitrogen and oxygen atoms in total. The Labute approximate surface area is 93.8 Å². The van der Waals surface area contributed by atoms with Crippen molar-refractivity contribution in [3.63, 3.8) is 0 Å². The van der Waals surface area contributed by atoms with Crippen molar-refractivity contribution in [3.05, 3.63) is 29.3 Å². The molecule has 1 radical (unpaired) electrons. The van der Waals surface area contributed by atoms with E-state index in [0.29, 0.717) is 0 Å². The van der Waals surface area contributed by atoms with Crippen LogP contribution in [-0.2, 0) is 5.60 Å². The molecule has 1 rings (SSSR count). The van der Waals surface area contributed by atoms with E-state index in [9.17, 15) is 5.11 Å². The van der Waals surface area contributed by atoms with Gasteiger partial charge in [-0.1, -0.05) is 49.9 Å². The Morgan fingerprint density at radius 2 is 1.87 bits per heavy atom. The summed E-state index contributed by atoms with van der Waals surface area (Å²) in [7, 11) is 2.09. The number of hydrogen-bond donors (Lipinski definition) is 1. The lowest BCUT2D eigenvalue weighted by Gasteiger charge is -2.26. The van der Waals surface area contributed by atoms with Crippen LogP contribution in [0.3, 0.4) is 0 Å². The third kappa shape index (κ3) is 2.43. The van der Waals surface area contributed by atoms with Gasteiger partial charge in [-0.3, -0.25) is 0 Å². The van der Waals surface area contributed by atoms with Gasteiger partial charge in [0, 0.05) is 0 Å². The highest BCUT2D eigenvalue weighted by atomic mass is 16.3. The minimum Gasteiger partial charge on any atom is -0.385 e. The second-order valence-electron chi connectivity index (χ2n) is 4.10. The van der Waals surface area contributed by atoms with E-state index in [0.717, 1.165) is 18.4 Å². The van der Waals surface area contributed by atoms with Crippen LogP contribution in [-0.4, -0.2) is 12.4 Å². The molecular weight excluding hydrogens is 183 g/mol. The van der Waals surface area contributed by atoms with E-state index >= 15 is 0 Å². The first kappa shape index (κ1) is 12.3. The minimum absolute atomic E-state index is 0.656. The summed E-state index contributed by atoms with van der Waals surface area (Å²) in [6, 6.07) is 6.22. The monoisotopic (exact) mass is 203 g/mol. The fourth-order valence-electron chi connectivity index (χ4n) is 1.95. The smallest absolute Gasteiger partial charge is 0.148 e. The van der Waals surface area contributed by atoms with Crippen LogP contribution in [0.1, 0.15) is 37.8 Å². The summed E-state index contributed by atoms with van der Waals surface area (Å²) in [6.45, 7) is 8.18.